The summed E-state index contributed by atoms with van der Waals surface area (Å²) in [6.07, 6.45) is -0.348. The monoisotopic (exact) mass is 361 g/mol. The van der Waals surface area contributed by atoms with Gasteiger partial charge in [0.25, 0.3) is 0 Å². The molecule has 0 spiro atoms. The van der Waals surface area contributed by atoms with Gasteiger partial charge in [-0.2, -0.15) is 5.11 Å². The molecule has 0 fully saturated rings. The lowest BCUT2D eigenvalue weighted by molar-refractivity contribution is 0.141. The van der Waals surface area contributed by atoms with E-state index in [9.17, 15) is 5.11 Å². The minimum absolute atomic E-state index is 0.155. The Hall–Kier alpha value is -0.690. The van der Waals surface area contributed by atoms with Crippen LogP contribution < -0.4 is 5.32 Å². The number of nitrogens with zero attached hydrogens (tertiary/aromatic N) is 1. The minimum atomic E-state index is -0.348. The lowest BCUT2D eigenvalue weighted by Crippen LogP contribution is -2.22. The first kappa shape index (κ1) is 15.4. The summed E-state index contributed by atoms with van der Waals surface area (Å²) in [5.41, 5.74) is 11.0. The maximum absolute atomic E-state index is 9.49. The van der Waals surface area contributed by atoms with E-state index in [1.165, 1.54) is 3.57 Å². The first-order chi connectivity index (χ1) is 8.38. The number of halogens is 1. The standard InChI is InChI=1S/C13H20IN3O/c1-7-5-11(17-15)13(9(3)12(7)14)16-6-8(2)10(4)18/h5,8,10,15-16,18H,6H2,1-4H3. The molecule has 0 aliphatic carbocycles. The van der Waals surface area contributed by atoms with Crippen LogP contribution in [0.4, 0.5) is 11.4 Å². The third-order valence-corrected chi connectivity index (χ3v) is 4.86. The van der Waals surface area contributed by atoms with Gasteiger partial charge in [-0.3, -0.25) is 0 Å². The van der Waals surface area contributed by atoms with E-state index in [0.717, 1.165) is 16.8 Å². The second kappa shape index (κ2) is 6.47. The van der Waals surface area contributed by atoms with Crippen molar-refractivity contribution >= 4 is 34.0 Å². The van der Waals surface area contributed by atoms with Crippen LogP contribution >= 0.6 is 22.6 Å². The van der Waals surface area contributed by atoms with E-state index in [1.54, 1.807) is 6.92 Å². The van der Waals surface area contributed by atoms with Crippen LogP contribution in [-0.4, -0.2) is 17.8 Å². The number of aryl methyl sites for hydroxylation is 1. The van der Waals surface area contributed by atoms with Crippen LogP contribution in [0.15, 0.2) is 11.2 Å². The molecule has 0 heterocycles. The van der Waals surface area contributed by atoms with Crippen LogP contribution in [0, 0.1) is 28.9 Å². The molecule has 4 nitrogen and oxygen atoms in total. The van der Waals surface area contributed by atoms with Gasteiger partial charge in [0.2, 0.25) is 0 Å². The summed E-state index contributed by atoms with van der Waals surface area (Å²) in [6.45, 7) is 8.49. The third kappa shape index (κ3) is 3.41. The van der Waals surface area contributed by atoms with Crippen LogP contribution in [0.2, 0.25) is 0 Å². The van der Waals surface area contributed by atoms with Crippen LogP contribution in [0.1, 0.15) is 25.0 Å². The normalized spacial score (nSPS) is 14.1. The Kier molecular flexibility index (Phi) is 5.52. The second-order valence-electron chi connectivity index (χ2n) is 4.74. The summed E-state index contributed by atoms with van der Waals surface area (Å²) in [5.74, 6) is 0.155. The maximum Gasteiger partial charge on any atom is 0.109 e. The molecule has 3 N–H and O–H groups in total. The maximum atomic E-state index is 9.49. The Labute approximate surface area is 122 Å². The van der Waals surface area contributed by atoms with Gasteiger partial charge in [-0.15, -0.1) is 0 Å². The average molecular weight is 361 g/mol. The SMILES string of the molecule is Cc1cc(N=N)c(NCC(C)C(C)O)c(C)c1I. The van der Waals surface area contributed by atoms with Crippen molar-refractivity contribution in [3.63, 3.8) is 0 Å². The molecule has 18 heavy (non-hydrogen) atoms. The van der Waals surface area contributed by atoms with Gasteiger partial charge in [-0.05, 0) is 66.5 Å². The highest BCUT2D eigenvalue weighted by Gasteiger charge is 2.14. The van der Waals surface area contributed by atoms with Crippen LogP contribution in [0.25, 0.3) is 0 Å². The topological polar surface area (TPSA) is 68.5 Å². The van der Waals surface area contributed by atoms with E-state index in [2.05, 4.69) is 33.0 Å². The number of aliphatic hydroxyl groups is 1. The Bertz CT molecular complexity index is 446. The zero-order valence-electron chi connectivity index (χ0n) is 11.2. The van der Waals surface area contributed by atoms with E-state index in [-0.39, 0.29) is 12.0 Å². The molecule has 1 aromatic rings. The minimum Gasteiger partial charge on any atom is -0.393 e. The molecule has 2 atom stereocenters. The highest BCUT2D eigenvalue weighted by Crippen LogP contribution is 2.34. The molecule has 0 aliphatic rings. The smallest absolute Gasteiger partial charge is 0.109 e. The molecule has 0 saturated carbocycles. The fourth-order valence-corrected chi connectivity index (χ4v) is 2.11. The highest BCUT2D eigenvalue weighted by atomic mass is 127. The molecular formula is C13H20IN3O. The van der Waals surface area contributed by atoms with Crippen LogP contribution in [0.3, 0.4) is 0 Å². The number of nitrogens with one attached hydrogen (secondary N) is 2. The largest absolute Gasteiger partial charge is 0.393 e. The highest BCUT2D eigenvalue weighted by molar-refractivity contribution is 14.1. The molecule has 1 aromatic carbocycles. The van der Waals surface area contributed by atoms with E-state index < -0.39 is 0 Å². The first-order valence-electron chi connectivity index (χ1n) is 5.97. The van der Waals surface area contributed by atoms with Crippen LogP contribution in [-0.2, 0) is 0 Å². The summed E-state index contributed by atoms with van der Waals surface area (Å²) < 4.78 is 1.19. The fourth-order valence-electron chi connectivity index (χ4n) is 1.68. The summed E-state index contributed by atoms with van der Waals surface area (Å²) in [4.78, 5) is 0. The summed E-state index contributed by atoms with van der Waals surface area (Å²) in [6, 6.07) is 1.91. The van der Waals surface area contributed by atoms with Crippen molar-refractivity contribution in [2.75, 3.05) is 11.9 Å². The van der Waals surface area contributed by atoms with Gasteiger partial charge in [-0.25, -0.2) is 5.53 Å². The molecular weight excluding hydrogens is 341 g/mol. The van der Waals surface area contributed by atoms with Crippen molar-refractivity contribution in [1.82, 2.24) is 0 Å². The molecule has 0 aromatic heterocycles. The van der Waals surface area contributed by atoms with E-state index >= 15 is 0 Å². The number of benzene rings is 1. The van der Waals surface area contributed by atoms with E-state index in [0.29, 0.717) is 12.2 Å². The van der Waals surface area contributed by atoms with E-state index in [4.69, 9.17) is 5.53 Å². The number of hydrogen-bond acceptors (Lipinski definition) is 4. The molecule has 0 radical (unpaired) electrons. The Morgan fingerprint density at radius 3 is 2.56 bits per heavy atom. The molecule has 1 rings (SSSR count). The van der Waals surface area contributed by atoms with Crippen molar-refractivity contribution < 1.29 is 5.11 Å². The Morgan fingerprint density at radius 1 is 1.44 bits per heavy atom. The number of anilines is 1. The molecule has 100 valence electrons. The van der Waals surface area contributed by atoms with Gasteiger partial charge in [0, 0.05) is 10.1 Å². The van der Waals surface area contributed by atoms with Gasteiger partial charge in [-0.1, -0.05) is 6.92 Å². The van der Waals surface area contributed by atoms with Gasteiger partial charge in [0.05, 0.1) is 11.8 Å². The average Bonchev–Trinajstić information content (AvgIpc) is 2.33. The number of rotatable bonds is 5. The van der Waals surface area contributed by atoms with Crippen molar-refractivity contribution in [3.05, 3.63) is 20.8 Å². The molecule has 0 amide bonds. The van der Waals surface area contributed by atoms with Gasteiger partial charge < -0.3 is 10.4 Å². The van der Waals surface area contributed by atoms with Gasteiger partial charge in [0.15, 0.2) is 0 Å². The number of hydrogen-bond donors (Lipinski definition) is 3. The quantitative estimate of drug-likeness (QED) is 0.548. The van der Waals surface area contributed by atoms with Crippen molar-refractivity contribution in [2.24, 2.45) is 11.0 Å². The van der Waals surface area contributed by atoms with Gasteiger partial charge >= 0.3 is 0 Å². The second-order valence-corrected chi connectivity index (χ2v) is 5.82. The molecule has 2 unspecified atom stereocenters. The molecule has 0 saturated heterocycles. The lowest BCUT2D eigenvalue weighted by atomic mass is 10.0. The van der Waals surface area contributed by atoms with E-state index in [1.807, 2.05) is 26.8 Å². The Morgan fingerprint density at radius 2 is 2.06 bits per heavy atom. The molecule has 0 aliphatic heterocycles. The van der Waals surface area contributed by atoms with Crippen molar-refractivity contribution in [1.29, 1.82) is 5.53 Å². The Balaban J connectivity index is 3.01. The predicted molar refractivity (Wildman–Crippen MR) is 82.8 cm³/mol. The molecule has 5 heteroatoms. The summed E-state index contributed by atoms with van der Waals surface area (Å²) >= 11 is 2.31. The fraction of sp³-hybridized carbons (Fsp3) is 0.538. The van der Waals surface area contributed by atoms with Crippen molar-refractivity contribution in [2.45, 2.75) is 33.8 Å². The third-order valence-electron chi connectivity index (χ3n) is 3.20. The predicted octanol–water partition coefficient (Wildman–Crippen LogP) is 4.00. The zero-order chi connectivity index (χ0) is 13.9. The van der Waals surface area contributed by atoms with Crippen molar-refractivity contribution in [3.8, 4) is 0 Å². The lowest BCUT2D eigenvalue weighted by Gasteiger charge is -2.19. The van der Waals surface area contributed by atoms with Crippen LogP contribution in [0.5, 0.6) is 0 Å². The van der Waals surface area contributed by atoms with Gasteiger partial charge in [0.1, 0.15) is 5.69 Å². The zero-order valence-corrected chi connectivity index (χ0v) is 13.4. The summed E-state index contributed by atoms with van der Waals surface area (Å²) in [5, 5.41) is 16.4. The molecule has 0 bridgehead atoms. The number of aliphatic hydroxyl groups excluding tert-OH is 1. The summed E-state index contributed by atoms with van der Waals surface area (Å²) in [7, 11) is 0. The first-order valence-corrected chi connectivity index (χ1v) is 7.05.